The zero-order chi connectivity index (χ0) is 9.52. The van der Waals surface area contributed by atoms with E-state index >= 15 is 0 Å². The van der Waals surface area contributed by atoms with Crippen LogP contribution < -0.4 is 0 Å². The molecule has 0 spiro atoms. The summed E-state index contributed by atoms with van der Waals surface area (Å²) in [6, 6.07) is 0. The lowest BCUT2D eigenvalue weighted by Gasteiger charge is -2.28. The van der Waals surface area contributed by atoms with Gasteiger partial charge in [0.25, 0.3) is 0 Å². The van der Waals surface area contributed by atoms with Crippen molar-refractivity contribution in [3.63, 3.8) is 0 Å². The Bertz CT molecular complexity index is 141. The predicted molar refractivity (Wildman–Crippen MR) is 49.4 cm³/mol. The summed E-state index contributed by atoms with van der Waals surface area (Å²) < 4.78 is 10.9. The van der Waals surface area contributed by atoms with Gasteiger partial charge in [0.1, 0.15) is 6.29 Å². The van der Waals surface area contributed by atoms with E-state index in [4.69, 9.17) is 9.47 Å². The molecule has 3 heteroatoms. The maximum absolute atomic E-state index is 10.1. The number of hydrogen-bond acceptors (Lipinski definition) is 3. The highest BCUT2D eigenvalue weighted by Crippen LogP contribution is 2.18. The molecular weight excluding hydrogens is 168 g/mol. The topological polar surface area (TPSA) is 35.5 Å². The van der Waals surface area contributed by atoms with Crippen molar-refractivity contribution in [1.29, 1.82) is 0 Å². The van der Waals surface area contributed by atoms with Gasteiger partial charge in [-0.05, 0) is 19.3 Å². The fraction of sp³-hybridized carbons (Fsp3) is 0.900. The van der Waals surface area contributed by atoms with Crippen LogP contribution in [-0.2, 0) is 14.3 Å². The second kappa shape index (κ2) is 6.11. The lowest BCUT2D eigenvalue weighted by molar-refractivity contribution is -0.203. The average molecular weight is 186 g/mol. The van der Waals surface area contributed by atoms with E-state index in [1.54, 1.807) is 0 Å². The smallest absolute Gasteiger partial charge is 0.160 e. The maximum atomic E-state index is 10.1. The van der Waals surface area contributed by atoms with Crippen LogP contribution >= 0.6 is 0 Å². The third kappa shape index (κ3) is 3.87. The second-order valence-corrected chi connectivity index (χ2v) is 3.54. The number of aldehydes is 1. The summed E-state index contributed by atoms with van der Waals surface area (Å²) in [5, 5.41) is 0. The first-order valence-corrected chi connectivity index (χ1v) is 5.01. The van der Waals surface area contributed by atoms with Crippen molar-refractivity contribution < 1.29 is 14.3 Å². The molecule has 1 fully saturated rings. The van der Waals surface area contributed by atoms with Crippen molar-refractivity contribution in [1.82, 2.24) is 0 Å². The first-order chi connectivity index (χ1) is 6.34. The molecule has 0 aromatic rings. The fourth-order valence-electron chi connectivity index (χ4n) is 1.49. The molecule has 1 unspecified atom stereocenters. The molecule has 0 N–H and O–H groups in total. The summed E-state index contributed by atoms with van der Waals surface area (Å²) in [5.41, 5.74) is 0. The van der Waals surface area contributed by atoms with Gasteiger partial charge in [0.2, 0.25) is 0 Å². The molecule has 76 valence electrons. The van der Waals surface area contributed by atoms with Crippen LogP contribution in [-0.4, -0.2) is 25.8 Å². The molecule has 1 aliphatic rings. The van der Waals surface area contributed by atoms with Crippen molar-refractivity contribution in [3.8, 4) is 0 Å². The summed E-state index contributed by atoms with van der Waals surface area (Å²) in [6.07, 6.45) is 4.52. The largest absolute Gasteiger partial charge is 0.352 e. The van der Waals surface area contributed by atoms with E-state index < -0.39 is 0 Å². The van der Waals surface area contributed by atoms with Crippen LogP contribution in [0.25, 0.3) is 0 Å². The van der Waals surface area contributed by atoms with Gasteiger partial charge < -0.3 is 14.3 Å². The van der Waals surface area contributed by atoms with Gasteiger partial charge in [-0.1, -0.05) is 6.92 Å². The molecule has 0 bridgehead atoms. The Hall–Kier alpha value is -0.410. The molecule has 1 heterocycles. The zero-order valence-electron chi connectivity index (χ0n) is 8.20. The number of unbranched alkanes of at least 4 members (excludes halogenated alkanes) is 1. The summed E-state index contributed by atoms with van der Waals surface area (Å²) in [4.78, 5) is 10.1. The monoisotopic (exact) mass is 186 g/mol. The van der Waals surface area contributed by atoms with Gasteiger partial charge in [-0.2, -0.15) is 0 Å². The first kappa shape index (κ1) is 10.7. The van der Waals surface area contributed by atoms with Crippen molar-refractivity contribution in [2.24, 2.45) is 5.92 Å². The minimum atomic E-state index is -0.0413. The number of hydrogen-bond donors (Lipinski definition) is 0. The van der Waals surface area contributed by atoms with Gasteiger partial charge in [0.15, 0.2) is 6.29 Å². The SMILES string of the molecule is CC(CCCC=O)C1OCCCO1. The molecule has 0 saturated carbocycles. The first-order valence-electron chi connectivity index (χ1n) is 5.01. The van der Waals surface area contributed by atoms with E-state index in [1.807, 2.05) is 0 Å². The molecule has 0 amide bonds. The molecule has 1 atom stereocenters. The number of ether oxygens (including phenoxy) is 2. The molecule has 1 aliphatic heterocycles. The minimum Gasteiger partial charge on any atom is -0.352 e. The Labute approximate surface area is 79.4 Å². The number of carbonyl (C=O) groups excluding carboxylic acids is 1. The summed E-state index contributed by atoms with van der Waals surface area (Å²) in [5.74, 6) is 0.403. The van der Waals surface area contributed by atoms with Crippen molar-refractivity contribution in [2.45, 2.75) is 38.9 Å². The molecule has 0 radical (unpaired) electrons. The highest BCUT2D eigenvalue weighted by atomic mass is 16.7. The van der Waals surface area contributed by atoms with Crippen LogP contribution in [0, 0.1) is 5.92 Å². The predicted octanol–water partition coefficient (Wildman–Crippen LogP) is 1.75. The van der Waals surface area contributed by atoms with Crippen molar-refractivity contribution in [2.75, 3.05) is 13.2 Å². The Morgan fingerprint density at radius 2 is 2.15 bits per heavy atom. The molecule has 3 nitrogen and oxygen atoms in total. The van der Waals surface area contributed by atoms with Gasteiger partial charge in [-0.25, -0.2) is 0 Å². The molecule has 0 aromatic carbocycles. The molecule has 1 rings (SSSR count). The minimum absolute atomic E-state index is 0.0413. The highest BCUT2D eigenvalue weighted by Gasteiger charge is 2.20. The Morgan fingerprint density at radius 3 is 2.77 bits per heavy atom. The van der Waals surface area contributed by atoms with Crippen LogP contribution in [0.1, 0.15) is 32.6 Å². The summed E-state index contributed by atoms with van der Waals surface area (Å²) >= 11 is 0. The Morgan fingerprint density at radius 1 is 1.46 bits per heavy atom. The van der Waals surface area contributed by atoms with E-state index in [0.29, 0.717) is 12.3 Å². The van der Waals surface area contributed by atoms with Crippen molar-refractivity contribution >= 4 is 6.29 Å². The second-order valence-electron chi connectivity index (χ2n) is 3.54. The molecular formula is C10H18O3. The molecule has 0 aromatic heterocycles. The Balaban J connectivity index is 2.13. The highest BCUT2D eigenvalue weighted by molar-refractivity contribution is 5.48. The molecule has 0 aliphatic carbocycles. The Kier molecular flexibility index (Phi) is 5.01. The van der Waals surface area contributed by atoms with Gasteiger partial charge in [0, 0.05) is 12.3 Å². The van der Waals surface area contributed by atoms with E-state index in [2.05, 4.69) is 6.92 Å². The average Bonchev–Trinajstić information content (AvgIpc) is 2.19. The van der Waals surface area contributed by atoms with E-state index in [0.717, 1.165) is 38.8 Å². The van der Waals surface area contributed by atoms with Crippen LogP contribution in [0.2, 0.25) is 0 Å². The molecule has 13 heavy (non-hydrogen) atoms. The maximum Gasteiger partial charge on any atom is 0.160 e. The van der Waals surface area contributed by atoms with Crippen LogP contribution in [0.4, 0.5) is 0 Å². The van der Waals surface area contributed by atoms with Gasteiger partial charge in [-0.15, -0.1) is 0 Å². The van der Waals surface area contributed by atoms with Crippen LogP contribution in [0.15, 0.2) is 0 Å². The lowest BCUT2D eigenvalue weighted by Crippen LogP contribution is -2.30. The van der Waals surface area contributed by atoms with Crippen molar-refractivity contribution in [3.05, 3.63) is 0 Å². The van der Waals surface area contributed by atoms with Gasteiger partial charge in [0.05, 0.1) is 13.2 Å². The standard InChI is InChI=1S/C10H18O3/c1-9(5-2-3-6-11)10-12-7-4-8-13-10/h6,9-10H,2-5,7-8H2,1H3. The quantitative estimate of drug-likeness (QED) is 0.484. The van der Waals surface area contributed by atoms with Crippen LogP contribution in [0.3, 0.4) is 0 Å². The summed E-state index contributed by atoms with van der Waals surface area (Å²) in [6.45, 7) is 3.73. The van der Waals surface area contributed by atoms with Gasteiger partial charge in [-0.3, -0.25) is 0 Å². The van der Waals surface area contributed by atoms with Crippen LogP contribution in [0.5, 0.6) is 0 Å². The van der Waals surface area contributed by atoms with E-state index in [-0.39, 0.29) is 6.29 Å². The lowest BCUT2D eigenvalue weighted by atomic mass is 10.0. The number of rotatable bonds is 5. The number of carbonyl (C=O) groups is 1. The zero-order valence-corrected chi connectivity index (χ0v) is 8.20. The third-order valence-electron chi connectivity index (χ3n) is 2.30. The fourth-order valence-corrected chi connectivity index (χ4v) is 1.49. The summed E-state index contributed by atoms with van der Waals surface area (Å²) in [7, 11) is 0. The van der Waals surface area contributed by atoms with E-state index in [1.165, 1.54) is 0 Å². The van der Waals surface area contributed by atoms with Gasteiger partial charge >= 0.3 is 0 Å². The van der Waals surface area contributed by atoms with E-state index in [9.17, 15) is 4.79 Å². The third-order valence-corrected chi connectivity index (χ3v) is 2.30. The normalized spacial score (nSPS) is 21.3. The molecule has 1 saturated heterocycles.